The highest BCUT2D eigenvalue weighted by Crippen LogP contribution is 2.17. The molecule has 5 nitrogen and oxygen atoms in total. The number of carbonyl (C=O) groups is 2. The van der Waals surface area contributed by atoms with Crippen molar-refractivity contribution in [1.29, 1.82) is 0 Å². The Morgan fingerprint density at radius 1 is 1.00 bits per heavy atom. The minimum Gasteiger partial charge on any atom is -0.497 e. The summed E-state index contributed by atoms with van der Waals surface area (Å²) in [4.78, 5) is 27.9. The largest absolute Gasteiger partial charge is 0.497 e. The number of methoxy groups -OCH3 is 1. The van der Waals surface area contributed by atoms with Crippen molar-refractivity contribution < 1.29 is 14.3 Å². The van der Waals surface area contributed by atoms with Gasteiger partial charge in [0.2, 0.25) is 11.8 Å². The summed E-state index contributed by atoms with van der Waals surface area (Å²) in [5.74, 6) is 0.629. The Balaban J connectivity index is 2.22. The van der Waals surface area contributed by atoms with Crippen molar-refractivity contribution in [3.05, 3.63) is 65.2 Å². The summed E-state index contributed by atoms with van der Waals surface area (Å²) in [5, 5.41) is 2.99. The molecule has 2 rings (SSSR count). The molecule has 0 unspecified atom stereocenters. The standard InChI is InChI=1S/C25H34N2O3/c1-5-7-16-26-25(29)23(6-2)27(18-21-12-14-22(30-4)15-13-21)24(28)17-20-10-8-19(3)9-11-20/h8-15,23H,5-7,16-18H2,1-4H3,(H,26,29)/t23-/m0/s1. The summed E-state index contributed by atoms with van der Waals surface area (Å²) in [5.41, 5.74) is 3.07. The maximum absolute atomic E-state index is 13.3. The van der Waals surface area contributed by atoms with Crippen LogP contribution in [0, 0.1) is 6.92 Å². The van der Waals surface area contributed by atoms with E-state index < -0.39 is 6.04 Å². The van der Waals surface area contributed by atoms with Crippen molar-refractivity contribution in [3.8, 4) is 5.75 Å². The van der Waals surface area contributed by atoms with Crippen LogP contribution in [0.25, 0.3) is 0 Å². The highest BCUT2D eigenvalue weighted by molar-refractivity contribution is 5.88. The summed E-state index contributed by atoms with van der Waals surface area (Å²) in [6, 6.07) is 15.1. The summed E-state index contributed by atoms with van der Waals surface area (Å²) in [7, 11) is 1.63. The number of ether oxygens (including phenoxy) is 1. The van der Waals surface area contributed by atoms with E-state index in [9.17, 15) is 9.59 Å². The number of benzene rings is 2. The van der Waals surface area contributed by atoms with Crippen LogP contribution < -0.4 is 10.1 Å². The monoisotopic (exact) mass is 410 g/mol. The minimum atomic E-state index is -0.498. The first-order valence-electron chi connectivity index (χ1n) is 10.7. The highest BCUT2D eigenvalue weighted by atomic mass is 16.5. The minimum absolute atomic E-state index is 0.0489. The van der Waals surface area contributed by atoms with E-state index in [0.717, 1.165) is 35.3 Å². The highest BCUT2D eigenvalue weighted by Gasteiger charge is 2.28. The fourth-order valence-electron chi connectivity index (χ4n) is 3.34. The molecule has 1 N–H and O–H groups in total. The van der Waals surface area contributed by atoms with Crippen molar-refractivity contribution in [2.24, 2.45) is 0 Å². The molecule has 0 spiro atoms. The lowest BCUT2D eigenvalue weighted by atomic mass is 10.1. The Labute approximate surface area is 180 Å². The molecular formula is C25H34N2O3. The molecule has 0 aromatic heterocycles. The fraction of sp³-hybridized carbons (Fsp3) is 0.440. The van der Waals surface area contributed by atoms with E-state index in [2.05, 4.69) is 12.2 Å². The van der Waals surface area contributed by atoms with Gasteiger partial charge in [0.25, 0.3) is 0 Å². The normalized spacial score (nSPS) is 11.6. The van der Waals surface area contributed by atoms with Crippen molar-refractivity contribution in [2.75, 3.05) is 13.7 Å². The predicted octanol–water partition coefficient (Wildman–Crippen LogP) is 4.27. The first-order chi connectivity index (χ1) is 14.5. The Kier molecular flexibility index (Phi) is 9.39. The van der Waals surface area contributed by atoms with Gasteiger partial charge in [-0.3, -0.25) is 9.59 Å². The van der Waals surface area contributed by atoms with Gasteiger partial charge in [-0.05, 0) is 43.0 Å². The summed E-state index contributed by atoms with van der Waals surface area (Å²) < 4.78 is 5.23. The molecule has 1 atom stereocenters. The van der Waals surface area contributed by atoms with E-state index >= 15 is 0 Å². The number of hydrogen-bond donors (Lipinski definition) is 1. The molecule has 0 saturated heterocycles. The molecule has 2 aromatic carbocycles. The first-order valence-corrected chi connectivity index (χ1v) is 10.7. The van der Waals surface area contributed by atoms with Gasteiger partial charge < -0.3 is 15.0 Å². The number of unbranched alkanes of at least 4 members (excludes halogenated alkanes) is 1. The van der Waals surface area contributed by atoms with E-state index in [1.54, 1.807) is 12.0 Å². The van der Waals surface area contributed by atoms with Gasteiger partial charge in [0.05, 0.1) is 13.5 Å². The van der Waals surface area contributed by atoms with E-state index in [1.165, 1.54) is 0 Å². The number of hydrogen-bond acceptors (Lipinski definition) is 3. The number of rotatable bonds is 11. The van der Waals surface area contributed by atoms with Crippen molar-refractivity contribution in [2.45, 2.75) is 59.0 Å². The third kappa shape index (κ3) is 6.90. The van der Waals surface area contributed by atoms with Crippen LogP contribution in [-0.2, 0) is 22.6 Å². The van der Waals surface area contributed by atoms with Gasteiger partial charge >= 0.3 is 0 Å². The second-order valence-corrected chi connectivity index (χ2v) is 7.60. The number of amides is 2. The van der Waals surface area contributed by atoms with Crippen LogP contribution in [0.2, 0.25) is 0 Å². The Morgan fingerprint density at radius 3 is 2.20 bits per heavy atom. The molecule has 0 saturated carbocycles. The zero-order valence-electron chi connectivity index (χ0n) is 18.6. The maximum atomic E-state index is 13.3. The Morgan fingerprint density at radius 2 is 1.63 bits per heavy atom. The zero-order valence-corrected chi connectivity index (χ0v) is 18.6. The summed E-state index contributed by atoms with van der Waals surface area (Å²) in [6.07, 6.45) is 2.78. The van der Waals surface area contributed by atoms with Crippen LogP contribution in [0.5, 0.6) is 5.75 Å². The van der Waals surface area contributed by atoms with Gasteiger partial charge in [0.15, 0.2) is 0 Å². The summed E-state index contributed by atoms with van der Waals surface area (Å²) >= 11 is 0. The second-order valence-electron chi connectivity index (χ2n) is 7.60. The smallest absolute Gasteiger partial charge is 0.242 e. The number of aryl methyl sites for hydroxylation is 1. The lowest BCUT2D eigenvalue weighted by Gasteiger charge is -2.31. The Bertz CT molecular complexity index is 800. The number of nitrogens with one attached hydrogen (secondary N) is 1. The van der Waals surface area contributed by atoms with E-state index in [0.29, 0.717) is 19.5 Å². The molecule has 0 radical (unpaired) electrons. The lowest BCUT2D eigenvalue weighted by molar-refractivity contribution is -0.140. The molecule has 0 aliphatic carbocycles. The van der Waals surface area contributed by atoms with Gasteiger partial charge in [-0.15, -0.1) is 0 Å². The van der Waals surface area contributed by atoms with Gasteiger partial charge in [-0.1, -0.05) is 62.2 Å². The number of nitrogens with zero attached hydrogens (tertiary/aromatic N) is 1. The topological polar surface area (TPSA) is 58.6 Å². The zero-order chi connectivity index (χ0) is 21.9. The molecule has 0 aliphatic rings. The quantitative estimate of drug-likeness (QED) is 0.563. The van der Waals surface area contributed by atoms with Crippen LogP contribution in [0.15, 0.2) is 48.5 Å². The van der Waals surface area contributed by atoms with E-state index in [-0.39, 0.29) is 18.2 Å². The van der Waals surface area contributed by atoms with Crippen molar-refractivity contribution in [1.82, 2.24) is 10.2 Å². The van der Waals surface area contributed by atoms with E-state index in [4.69, 9.17) is 4.74 Å². The second kappa shape index (κ2) is 12.0. The maximum Gasteiger partial charge on any atom is 0.242 e. The van der Waals surface area contributed by atoms with Crippen molar-refractivity contribution in [3.63, 3.8) is 0 Å². The molecule has 2 aromatic rings. The summed E-state index contributed by atoms with van der Waals surface area (Å²) in [6.45, 7) is 7.08. The van der Waals surface area contributed by atoms with Gasteiger partial charge in [-0.25, -0.2) is 0 Å². The average Bonchev–Trinajstić information content (AvgIpc) is 2.75. The van der Waals surface area contributed by atoms with Gasteiger partial charge in [0, 0.05) is 13.1 Å². The van der Waals surface area contributed by atoms with Crippen molar-refractivity contribution >= 4 is 11.8 Å². The molecule has 0 aliphatic heterocycles. The first kappa shape index (κ1) is 23.5. The predicted molar refractivity (Wildman–Crippen MR) is 120 cm³/mol. The molecule has 0 heterocycles. The average molecular weight is 411 g/mol. The van der Waals surface area contributed by atoms with Gasteiger partial charge in [0.1, 0.15) is 11.8 Å². The molecule has 162 valence electrons. The Hall–Kier alpha value is -2.82. The van der Waals surface area contributed by atoms with Gasteiger partial charge in [-0.2, -0.15) is 0 Å². The van der Waals surface area contributed by atoms with Crippen LogP contribution in [0.1, 0.15) is 49.8 Å². The SMILES string of the molecule is CCCCNC(=O)[C@H](CC)N(Cc1ccc(OC)cc1)C(=O)Cc1ccc(C)cc1. The molecular weight excluding hydrogens is 376 g/mol. The van der Waals surface area contributed by atoms with Crippen LogP contribution in [0.4, 0.5) is 0 Å². The van der Waals surface area contributed by atoms with Crippen LogP contribution in [-0.4, -0.2) is 36.4 Å². The molecule has 2 amide bonds. The van der Waals surface area contributed by atoms with Crippen LogP contribution >= 0.6 is 0 Å². The third-order valence-corrected chi connectivity index (χ3v) is 5.20. The molecule has 0 bridgehead atoms. The fourth-order valence-corrected chi connectivity index (χ4v) is 3.34. The van der Waals surface area contributed by atoms with Crippen LogP contribution in [0.3, 0.4) is 0 Å². The number of carbonyl (C=O) groups excluding carboxylic acids is 2. The molecule has 0 fully saturated rings. The third-order valence-electron chi connectivity index (χ3n) is 5.20. The van der Waals surface area contributed by atoms with E-state index in [1.807, 2.05) is 62.4 Å². The molecule has 5 heteroatoms. The lowest BCUT2D eigenvalue weighted by Crippen LogP contribution is -2.49. The molecule has 30 heavy (non-hydrogen) atoms.